The summed E-state index contributed by atoms with van der Waals surface area (Å²) in [4.78, 5) is 0. The molecule has 21 heavy (non-hydrogen) atoms. The van der Waals surface area contributed by atoms with E-state index in [1.807, 2.05) is 0 Å². The molecule has 0 amide bonds. The second-order valence-corrected chi connectivity index (χ2v) is 7.85. The van der Waals surface area contributed by atoms with Gasteiger partial charge in [-0.05, 0) is 42.4 Å². The Bertz CT molecular complexity index is 244. The third-order valence-electron chi connectivity index (χ3n) is 6.18. The van der Waals surface area contributed by atoms with Crippen molar-refractivity contribution in [1.29, 1.82) is 0 Å². The van der Waals surface area contributed by atoms with Crippen LogP contribution in [-0.2, 0) is 0 Å². The number of rotatable bonds is 13. The molecule has 0 N–H and O–H groups in total. The second-order valence-electron chi connectivity index (χ2n) is 7.85. The van der Waals surface area contributed by atoms with E-state index in [0.29, 0.717) is 0 Å². The van der Waals surface area contributed by atoms with Gasteiger partial charge in [0.25, 0.3) is 0 Å². The van der Waals surface area contributed by atoms with Gasteiger partial charge in [0, 0.05) is 0 Å². The van der Waals surface area contributed by atoms with E-state index < -0.39 is 0 Å². The van der Waals surface area contributed by atoms with Gasteiger partial charge in [0.15, 0.2) is 0 Å². The molecule has 126 valence electrons. The third kappa shape index (κ3) is 6.74. The van der Waals surface area contributed by atoms with Gasteiger partial charge in [0.1, 0.15) is 0 Å². The highest BCUT2D eigenvalue weighted by molar-refractivity contribution is 4.89. The van der Waals surface area contributed by atoms with Gasteiger partial charge in [-0.2, -0.15) is 0 Å². The predicted molar refractivity (Wildman–Crippen MR) is 96.6 cm³/mol. The first-order valence-electron chi connectivity index (χ1n) is 10.2. The molecule has 0 heterocycles. The van der Waals surface area contributed by atoms with Gasteiger partial charge < -0.3 is 0 Å². The predicted octanol–water partition coefficient (Wildman–Crippen LogP) is 7.47. The van der Waals surface area contributed by atoms with E-state index in [0.717, 1.165) is 29.6 Å². The molecular weight excluding hydrogens is 252 g/mol. The van der Waals surface area contributed by atoms with Crippen LogP contribution in [0.15, 0.2) is 0 Å². The molecule has 0 aromatic rings. The zero-order chi connectivity index (χ0) is 15.7. The van der Waals surface area contributed by atoms with Crippen molar-refractivity contribution in [2.75, 3.05) is 0 Å². The molecule has 0 nitrogen and oxygen atoms in total. The fraction of sp³-hybridized carbons (Fsp3) is 1.00. The van der Waals surface area contributed by atoms with E-state index in [9.17, 15) is 0 Å². The summed E-state index contributed by atoms with van der Waals surface area (Å²) in [6, 6.07) is 0. The quantitative estimate of drug-likeness (QED) is 0.309. The number of hydrogen-bond acceptors (Lipinski definition) is 0. The van der Waals surface area contributed by atoms with Crippen LogP contribution >= 0.6 is 0 Å². The van der Waals surface area contributed by atoms with Crippen LogP contribution in [0.25, 0.3) is 0 Å². The van der Waals surface area contributed by atoms with Gasteiger partial charge in [0.05, 0.1) is 0 Å². The lowest BCUT2D eigenvalue weighted by atomic mass is 9.75. The van der Waals surface area contributed by atoms with Gasteiger partial charge >= 0.3 is 0 Å². The van der Waals surface area contributed by atoms with Crippen LogP contribution in [-0.4, -0.2) is 0 Å². The van der Waals surface area contributed by atoms with E-state index in [4.69, 9.17) is 0 Å². The van der Waals surface area contributed by atoms with Crippen molar-refractivity contribution in [3.63, 3.8) is 0 Å². The molecule has 0 spiro atoms. The molecule has 5 unspecified atom stereocenters. The summed E-state index contributed by atoms with van der Waals surface area (Å²) in [7, 11) is 0. The van der Waals surface area contributed by atoms with Crippen molar-refractivity contribution in [2.45, 2.75) is 105 Å². The van der Waals surface area contributed by atoms with Crippen molar-refractivity contribution in [2.24, 2.45) is 29.6 Å². The lowest BCUT2D eigenvalue weighted by Crippen LogP contribution is -2.21. The molecule has 0 saturated heterocycles. The Balaban J connectivity index is 2.43. The second kappa shape index (κ2) is 10.7. The maximum Gasteiger partial charge on any atom is -0.0380 e. The van der Waals surface area contributed by atoms with Crippen LogP contribution < -0.4 is 0 Å². The largest absolute Gasteiger partial charge is 0.0654 e. The first-order chi connectivity index (χ1) is 10.2. The Morgan fingerprint density at radius 1 is 0.810 bits per heavy atom. The molecular formula is C21H42. The Morgan fingerprint density at radius 2 is 1.57 bits per heavy atom. The third-order valence-corrected chi connectivity index (χ3v) is 6.18. The standard InChI is InChI=1S/C21H42/c1-6-10-11-14-19(12-7-2)17(5)18(9-4)15-21-16-20(21)13-8-3/h17-21H,6-16H2,1-5H3. The van der Waals surface area contributed by atoms with Crippen molar-refractivity contribution < 1.29 is 0 Å². The monoisotopic (exact) mass is 294 g/mol. The highest BCUT2D eigenvalue weighted by Gasteiger charge is 2.38. The first kappa shape index (κ1) is 19.0. The Morgan fingerprint density at radius 3 is 2.14 bits per heavy atom. The Kier molecular flexibility index (Phi) is 9.69. The van der Waals surface area contributed by atoms with Crippen LogP contribution in [0, 0.1) is 29.6 Å². The summed E-state index contributed by atoms with van der Waals surface area (Å²) >= 11 is 0. The highest BCUT2D eigenvalue weighted by Crippen LogP contribution is 2.48. The fourth-order valence-corrected chi connectivity index (χ4v) is 4.55. The molecule has 0 heteroatoms. The van der Waals surface area contributed by atoms with Crippen molar-refractivity contribution in [1.82, 2.24) is 0 Å². The molecule has 1 aliphatic rings. The van der Waals surface area contributed by atoms with E-state index in [1.165, 1.54) is 64.2 Å². The minimum absolute atomic E-state index is 0.953. The lowest BCUT2D eigenvalue weighted by Gasteiger charge is -2.31. The highest BCUT2D eigenvalue weighted by atomic mass is 14.4. The van der Waals surface area contributed by atoms with E-state index in [-0.39, 0.29) is 0 Å². The summed E-state index contributed by atoms with van der Waals surface area (Å²) in [6.07, 6.45) is 16.0. The van der Waals surface area contributed by atoms with E-state index in [2.05, 4.69) is 34.6 Å². The normalized spacial score (nSPS) is 25.6. The van der Waals surface area contributed by atoms with E-state index in [1.54, 1.807) is 6.42 Å². The van der Waals surface area contributed by atoms with Crippen LogP contribution in [0.4, 0.5) is 0 Å². The maximum absolute atomic E-state index is 2.58. The number of unbranched alkanes of at least 4 members (excludes halogenated alkanes) is 2. The van der Waals surface area contributed by atoms with Crippen LogP contribution in [0.1, 0.15) is 105 Å². The maximum atomic E-state index is 2.58. The summed E-state index contributed by atoms with van der Waals surface area (Å²) < 4.78 is 0. The topological polar surface area (TPSA) is 0 Å². The van der Waals surface area contributed by atoms with Crippen LogP contribution in [0.2, 0.25) is 0 Å². The molecule has 5 atom stereocenters. The molecule has 0 radical (unpaired) electrons. The molecule has 1 fully saturated rings. The van der Waals surface area contributed by atoms with Gasteiger partial charge in [-0.25, -0.2) is 0 Å². The van der Waals surface area contributed by atoms with Gasteiger partial charge in [0.2, 0.25) is 0 Å². The van der Waals surface area contributed by atoms with Crippen LogP contribution in [0.5, 0.6) is 0 Å². The molecule has 0 aromatic carbocycles. The summed E-state index contributed by atoms with van der Waals surface area (Å²) in [5, 5.41) is 0. The average molecular weight is 295 g/mol. The molecule has 1 aliphatic carbocycles. The van der Waals surface area contributed by atoms with Gasteiger partial charge in [-0.15, -0.1) is 0 Å². The Labute approximate surface area is 135 Å². The summed E-state index contributed by atoms with van der Waals surface area (Å²) in [5.41, 5.74) is 0. The van der Waals surface area contributed by atoms with Crippen molar-refractivity contribution >= 4 is 0 Å². The Hall–Kier alpha value is 0. The van der Waals surface area contributed by atoms with Gasteiger partial charge in [-0.1, -0.05) is 92.4 Å². The minimum Gasteiger partial charge on any atom is -0.0654 e. The summed E-state index contributed by atoms with van der Waals surface area (Å²) in [5.74, 6) is 5.14. The first-order valence-corrected chi connectivity index (χ1v) is 10.2. The lowest BCUT2D eigenvalue weighted by molar-refractivity contribution is 0.193. The zero-order valence-electron chi connectivity index (χ0n) is 15.7. The molecule has 0 aliphatic heterocycles. The van der Waals surface area contributed by atoms with E-state index >= 15 is 0 Å². The average Bonchev–Trinajstić information content (AvgIpc) is 3.21. The summed E-state index contributed by atoms with van der Waals surface area (Å²) in [6.45, 7) is 12.1. The molecule has 0 aromatic heterocycles. The minimum atomic E-state index is 0.953. The zero-order valence-corrected chi connectivity index (χ0v) is 15.7. The van der Waals surface area contributed by atoms with Crippen molar-refractivity contribution in [3.8, 4) is 0 Å². The van der Waals surface area contributed by atoms with Crippen LogP contribution in [0.3, 0.4) is 0 Å². The molecule has 1 saturated carbocycles. The van der Waals surface area contributed by atoms with Gasteiger partial charge in [-0.3, -0.25) is 0 Å². The number of hydrogen-bond donors (Lipinski definition) is 0. The molecule has 0 bridgehead atoms. The smallest absolute Gasteiger partial charge is 0.0380 e. The van der Waals surface area contributed by atoms with Crippen molar-refractivity contribution in [3.05, 3.63) is 0 Å². The SMILES string of the molecule is CCCCCC(CCC)C(C)C(CC)CC1CC1CCC. The molecule has 1 rings (SSSR count). The fourth-order valence-electron chi connectivity index (χ4n) is 4.55.